The predicted molar refractivity (Wildman–Crippen MR) is 121 cm³/mol. The molecular weight excluding hydrogens is 408 g/mol. The Morgan fingerprint density at radius 3 is 2.75 bits per heavy atom. The molecule has 1 fully saturated rings. The molecule has 2 heterocycles. The fraction of sp³-hybridized carbons (Fsp3) is 0.560. The zero-order valence-corrected chi connectivity index (χ0v) is 18.6. The van der Waals surface area contributed by atoms with E-state index in [2.05, 4.69) is 5.32 Å². The first-order chi connectivity index (χ1) is 15.6. The molecule has 0 aliphatic carbocycles. The van der Waals surface area contributed by atoms with Gasteiger partial charge in [-0.2, -0.15) is 0 Å². The standard InChI is InChI=1S/C25H34N2O5/c28-17-22-12-8-14-27(22)23(29)16-20-11-6-1-2-7-13-24(30)32-18-21(26-25(20)31)15-19-9-4-3-5-10-19/h1,3-6,9-10,20-22,28H,2,7-8,11-18H2,(H,26,31). The third kappa shape index (κ3) is 7.19. The van der Waals surface area contributed by atoms with Crippen LogP contribution in [0.25, 0.3) is 0 Å². The average molecular weight is 443 g/mol. The molecule has 1 saturated heterocycles. The smallest absolute Gasteiger partial charge is 0.305 e. The number of allylic oxidation sites excluding steroid dienone is 2. The summed E-state index contributed by atoms with van der Waals surface area (Å²) < 4.78 is 5.43. The monoisotopic (exact) mass is 442 g/mol. The number of carbonyl (C=O) groups is 3. The summed E-state index contributed by atoms with van der Waals surface area (Å²) in [5, 5.41) is 12.6. The molecule has 0 bridgehead atoms. The summed E-state index contributed by atoms with van der Waals surface area (Å²) in [6, 6.07) is 9.22. The minimum atomic E-state index is -0.506. The summed E-state index contributed by atoms with van der Waals surface area (Å²) in [5.74, 6) is -1.07. The van der Waals surface area contributed by atoms with Crippen LogP contribution in [0, 0.1) is 5.92 Å². The first-order valence-electron chi connectivity index (χ1n) is 11.6. The second kappa shape index (κ2) is 12.4. The molecule has 3 unspecified atom stereocenters. The van der Waals surface area contributed by atoms with Crippen molar-refractivity contribution in [2.45, 2.75) is 63.5 Å². The lowest BCUT2D eigenvalue weighted by Crippen LogP contribution is -2.45. The SMILES string of the molecule is O=C1CCCC=CCC(CC(=O)N2CCCC2CO)C(=O)NC(Cc2ccccc2)CO1. The molecule has 1 aromatic rings. The molecular formula is C25H34N2O5. The molecule has 0 saturated carbocycles. The van der Waals surface area contributed by atoms with E-state index in [9.17, 15) is 19.5 Å². The van der Waals surface area contributed by atoms with E-state index >= 15 is 0 Å². The second-order valence-electron chi connectivity index (χ2n) is 8.64. The lowest BCUT2D eigenvalue weighted by Gasteiger charge is -2.26. The zero-order chi connectivity index (χ0) is 22.8. The van der Waals surface area contributed by atoms with Gasteiger partial charge in [0.1, 0.15) is 6.61 Å². The van der Waals surface area contributed by atoms with Gasteiger partial charge in [-0.05, 0) is 44.1 Å². The van der Waals surface area contributed by atoms with Gasteiger partial charge in [-0.1, -0.05) is 42.5 Å². The fourth-order valence-electron chi connectivity index (χ4n) is 4.34. The summed E-state index contributed by atoms with van der Waals surface area (Å²) >= 11 is 0. The maximum atomic E-state index is 13.2. The Morgan fingerprint density at radius 2 is 1.97 bits per heavy atom. The van der Waals surface area contributed by atoms with Crippen molar-refractivity contribution >= 4 is 17.8 Å². The van der Waals surface area contributed by atoms with Gasteiger partial charge in [0.2, 0.25) is 11.8 Å². The molecule has 2 N–H and O–H groups in total. The fourth-order valence-corrected chi connectivity index (χ4v) is 4.34. The van der Waals surface area contributed by atoms with Crippen molar-refractivity contribution in [3.8, 4) is 0 Å². The number of likely N-dealkylation sites (tertiary alicyclic amines) is 1. The van der Waals surface area contributed by atoms with Crippen molar-refractivity contribution < 1.29 is 24.2 Å². The van der Waals surface area contributed by atoms with Crippen LogP contribution in [0.5, 0.6) is 0 Å². The highest BCUT2D eigenvalue weighted by Gasteiger charge is 2.31. The highest BCUT2D eigenvalue weighted by Crippen LogP contribution is 2.21. The first kappa shape index (κ1) is 24.0. The normalized spacial score (nSPS) is 25.3. The topological polar surface area (TPSA) is 95.9 Å². The quantitative estimate of drug-likeness (QED) is 0.539. The summed E-state index contributed by atoms with van der Waals surface area (Å²) in [4.78, 5) is 39.9. The minimum absolute atomic E-state index is 0.0486. The highest BCUT2D eigenvalue weighted by atomic mass is 16.5. The van der Waals surface area contributed by atoms with Crippen molar-refractivity contribution in [1.82, 2.24) is 10.2 Å². The molecule has 174 valence electrons. The number of cyclic esters (lactones) is 1. The van der Waals surface area contributed by atoms with E-state index in [1.807, 2.05) is 42.5 Å². The molecule has 7 nitrogen and oxygen atoms in total. The summed E-state index contributed by atoms with van der Waals surface area (Å²) in [6.07, 6.45) is 8.42. The van der Waals surface area contributed by atoms with Gasteiger partial charge in [-0.25, -0.2) is 0 Å². The minimum Gasteiger partial charge on any atom is -0.463 e. The van der Waals surface area contributed by atoms with Crippen molar-refractivity contribution in [1.29, 1.82) is 0 Å². The molecule has 0 radical (unpaired) electrons. The molecule has 2 amide bonds. The number of hydrogen-bond acceptors (Lipinski definition) is 5. The van der Waals surface area contributed by atoms with Crippen LogP contribution >= 0.6 is 0 Å². The van der Waals surface area contributed by atoms with Crippen LogP contribution in [0.1, 0.15) is 50.5 Å². The van der Waals surface area contributed by atoms with Crippen molar-refractivity contribution in [3.05, 3.63) is 48.0 Å². The molecule has 3 rings (SSSR count). The van der Waals surface area contributed by atoms with Gasteiger partial charge < -0.3 is 20.1 Å². The molecule has 1 aromatic carbocycles. The summed E-state index contributed by atoms with van der Waals surface area (Å²) in [5.41, 5.74) is 1.04. The second-order valence-corrected chi connectivity index (χ2v) is 8.64. The van der Waals surface area contributed by atoms with E-state index < -0.39 is 5.92 Å². The molecule has 32 heavy (non-hydrogen) atoms. The maximum Gasteiger partial charge on any atom is 0.305 e. The van der Waals surface area contributed by atoms with Crippen molar-refractivity contribution in [3.63, 3.8) is 0 Å². The van der Waals surface area contributed by atoms with Crippen LogP contribution in [0.2, 0.25) is 0 Å². The number of carbonyl (C=O) groups excluding carboxylic acids is 3. The van der Waals surface area contributed by atoms with Gasteiger partial charge in [0.25, 0.3) is 0 Å². The number of nitrogens with one attached hydrogen (secondary N) is 1. The lowest BCUT2D eigenvalue weighted by atomic mass is 9.97. The van der Waals surface area contributed by atoms with Crippen LogP contribution in [0.15, 0.2) is 42.5 Å². The van der Waals surface area contributed by atoms with E-state index in [-0.39, 0.29) is 49.5 Å². The predicted octanol–water partition coefficient (Wildman–Crippen LogP) is 2.38. The maximum absolute atomic E-state index is 13.2. The Labute approximate surface area is 189 Å². The molecule has 7 heteroatoms. The molecule has 2 aliphatic rings. The van der Waals surface area contributed by atoms with E-state index in [1.165, 1.54) is 0 Å². The molecule has 2 aliphatic heterocycles. The van der Waals surface area contributed by atoms with Crippen LogP contribution in [-0.4, -0.2) is 59.6 Å². The number of nitrogens with zero attached hydrogens (tertiary/aromatic N) is 1. The lowest BCUT2D eigenvalue weighted by molar-refractivity contribution is -0.145. The van der Waals surface area contributed by atoms with E-state index in [0.29, 0.717) is 32.2 Å². The van der Waals surface area contributed by atoms with Crippen LogP contribution in [0.3, 0.4) is 0 Å². The Balaban J connectivity index is 1.72. The molecule has 3 atom stereocenters. The average Bonchev–Trinajstić information content (AvgIpc) is 3.28. The van der Waals surface area contributed by atoms with E-state index in [4.69, 9.17) is 4.74 Å². The number of rotatable bonds is 5. The number of hydrogen-bond donors (Lipinski definition) is 2. The number of aliphatic hydroxyl groups is 1. The number of esters is 1. The Morgan fingerprint density at radius 1 is 1.16 bits per heavy atom. The summed E-state index contributed by atoms with van der Waals surface area (Å²) in [6.45, 7) is 0.681. The van der Waals surface area contributed by atoms with Gasteiger partial charge in [0, 0.05) is 19.4 Å². The first-order valence-corrected chi connectivity index (χ1v) is 11.6. The number of benzene rings is 1. The zero-order valence-electron chi connectivity index (χ0n) is 18.6. The Bertz CT molecular complexity index is 795. The van der Waals surface area contributed by atoms with Crippen LogP contribution in [0.4, 0.5) is 0 Å². The number of aliphatic hydroxyl groups excluding tert-OH is 1. The van der Waals surface area contributed by atoms with Gasteiger partial charge in [0.05, 0.1) is 24.6 Å². The number of amides is 2. The largest absolute Gasteiger partial charge is 0.463 e. The van der Waals surface area contributed by atoms with Crippen molar-refractivity contribution in [2.75, 3.05) is 19.8 Å². The Kier molecular flexibility index (Phi) is 9.28. The van der Waals surface area contributed by atoms with Crippen LogP contribution < -0.4 is 5.32 Å². The van der Waals surface area contributed by atoms with E-state index in [0.717, 1.165) is 24.8 Å². The molecule has 0 aromatic heterocycles. The number of ether oxygens (including phenoxy) is 1. The van der Waals surface area contributed by atoms with Gasteiger partial charge >= 0.3 is 5.97 Å². The van der Waals surface area contributed by atoms with Gasteiger partial charge in [-0.15, -0.1) is 0 Å². The Hall–Kier alpha value is -2.67. The van der Waals surface area contributed by atoms with Gasteiger partial charge in [0.15, 0.2) is 0 Å². The summed E-state index contributed by atoms with van der Waals surface area (Å²) in [7, 11) is 0. The third-order valence-electron chi connectivity index (χ3n) is 6.16. The third-order valence-corrected chi connectivity index (χ3v) is 6.16. The van der Waals surface area contributed by atoms with Crippen LogP contribution in [-0.2, 0) is 25.5 Å². The van der Waals surface area contributed by atoms with Gasteiger partial charge in [-0.3, -0.25) is 14.4 Å². The highest BCUT2D eigenvalue weighted by molar-refractivity contribution is 5.86. The van der Waals surface area contributed by atoms with E-state index in [1.54, 1.807) is 4.90 Å². The van der Waals surface area contributed by atoms with Crippen molar-refractivity contribution in [2.24, 2.45) is 5.92 Å². The molecule has 0 spiro atoms.